The van der Waals surface area contributed by atoms with Crippen molar-refractivity contribution in [1.29, 1.82) is 0 Å². The molecule has 0 aliphatic rings. The SMILES string of the molecule is CC(C)(C)c1ccc(N(c2ccc(-c3ccccc3)cc2)c2cc(-c3ccccc3)c(-c3c(-c4ccccc4)cc(N(c4ccc(-c5ccccc5)cc4)c4ccc(C(C)(C)C)cc4)c4c3sc3ccccc34)c3oc4ccccc4c23)cc1. The van der Waals surface area contributed by atoms with Crippen LogP contribution >= 0.6 is 11.3 Å². The zero-order valence-electron chi connectivity index (χ0n) is 48.3. The second kappa shape index (κ2) is 21.2. The van der Waals surface area contributed by atoms with Gasteiger partial charge in [-0.05, 0) is 139 Å². The molecule has 0 fully saturated rings. The van der Waals surface area contributed by atoms with E-state index in [9.17, 15) is 0 Å². The summed E-state index contributed by atoms with van der Waals surface area (Å²) in [5.74, 6) is 0. The van der Waals surface area contributed by atoms with Gasteiger partial charge in [-0.1, -0.05) is 248 Å². The molecular formula is C80H64N2OS. The number of nitrogens with zero attached hydrogens (tertiary/aromatic N) is 2. The summed E-state index contributed by atoms with van der Waals surface area (Å²) < 4.78 is 9.98. The fourth-order valence-corrected chi connectivity index (χ4v) is 13.5. The van der Waals surface area contributed by atoms with Crippen molar-refractivity contribution < 1.29 is 4.42 Å². The van der Waals surface area contributed by atoms with E-state index >= 15 is 0 Å². The first kappa shape index (κ1) is 52.3. The van der Waals surface area contributed by atoms with Crippen LogP contribution in [-0.4, -0.2) is 0 Å². The lowest BCUT2D eigenvalue weighted by Crippen LogP contribution is -2.14. The third kappa shape index (κ3) is 9.53. The van der Waals surface area contributed by atoms with E-state index in [4.69, 9.17) is 4.42 Å². The standard InChI is InChI=1S/C80H64N2OS/c1-79(2,3)59-39-47-63(48-40-59)81(61-43-35-55(36-44-61)53-23-11-7-12-24-53)69-51-67(57-27-15-9-16-28-57)75(77-73(69)65-31-19-21-33-71(65)83-77)76-68(58-29-17-10-18-30-58)52-70(74-66-32-20-22-34-72(66)84-78(74)76)82(64-49-41-60(42-50-64)80(4,5)6)62-45-37-56(38-46-62)54-25-13-8-14-26-54/h7-52H,1-6H3. The molecule has 14 aromatic rings. The molecule has 0 aliphatic carbocycles. The molecule has 406 valence electrons. The number of rotatable bonds is 11. The molecule has 2 aromatic heterocycles. The van der Waals surface area contributed by atoms with Crippen LogP contribution in [0.25, 0.3) is 97.7 Å². The van der Waals surface area contributed by atoms with Crippen LogP contribution in [0.5, 0.6) is 0 Å². The average molecular weight is 1100 g/mol. The molecule has 0 radical (unpaired) electrons. The summed E-state index contributed by atoms with van der Waals surface area (Å²) in [7, 11) is 0. The van der Waals surface area contributed by atoms with Crippen LogP contribution in [0.3, 0.4) is 0 Å². The largest absolute Gasteiger partial charge is 0.455 e. The summed E-state index contributed by atoms with van der Waals surface area (Å²) in [6, 6.07) is 102. The lowest BCUT2D eigenvalue weighted by Gasteiger charge is -2.30. The fourth-order valence-electron chi connectivity index (χ4n) is 12.2. The molecule has 0 unspecified atom stereocenters. The van der Waals surface area contributed by atoms with Crippen molar-refractivity contribution in [2.75, 3.05) is 9.80 Å². The van der Waals surface area contributed by atoms with Crippen LogP contribution in [0.2, 0.25) is 0 Å². The number of hydrogen-bond donors (Lipinski definition) is 0. The monoisotopic (exact) mass is 1100 g/mol. The Bertz CT molecular complexity index is 4360. The number of hydrogen-bond acceptors (Lipinski definition) is 4. The maximum Gasteiger partial charge on any atom is 0.146 e. The molecule has 12 aromatic carbocycles. The van der Waals surface area contributed by atoms with Crippen molar-refractivity contribution >= 4 is 87.6 Å². The summed E-state index contributed by atoms with van der Waals surface area (Å²) in [5.41, 5.74) is 21.8. The van der Waals surface area contributed by atoms with Crippen LogP contribution in [0.15, 0.2) is 283 Å². The number of fused-ring (bicyclic) bond motifs is 6. The minimum Gasteiger partial charge on any atom is -0.455 e. The molecule has 14 rings (SSSR count). The van der Waals surface area contributed by atoms with Gasteiger partial charge in [-0.2, -0.15) is 0 Å². The normalized spacial score (nSPS) is 11.9. The number of para-hydroxylation sites is 1. The van der Waals surface area contributed by atoms with Gasteiger partial charge >= 0.3 is 0 Å². The van der Waals surface area contributed by atoms with Gasteiger partial charge in [0.15, 0.2) is 0 Å². The maximum absolute atomic E-state index is 7.59. The summed E-state index contributed by atoms with van der Waals surface area (Å²) in [5, 5.41) is 4.48. The zero-order chi connectivity index (χ0) is 57.1. The molecule has 84 heavy (non-hydrogen) atoms. The van der Waals surface area contributed by atoms with Crippen LogP contribution < -0.4 is 9.80 Å². The molecule has 0 saturated carbocycles. The van der Waals surface area contributed by atoms with Crippen LogP contribution in [0.4, 0.5) is 34.1 Å². The van der Waals surface area contributed by atoms with E-state index in [1.807, 2.05) is 11.3 Å². The molecular weight excluding hydrogens is 1040 g/mol. The van der Waals surface area contributed by atoms with E-state index in [0.717, 1.165) is 95.0 Å². The molecule has 0 saturated heterocycles. The van der Waals surface area contributed by atoms with E-state index in [1.165, 1.54) is 48.0 Å². The maximum atomic E-state index is 7.59. The lowest BCUT2D eigenvalue weighted by atomic mass is 9.85. The average Bonchev–Trinajstić information content (AvgIpc) is 1.82. The van der Waals surface area contributed by atoms with Crippen molar-refractivity contribution in [1.82, 2.24) is 0 Å². The highest BCUT2D eigenvalue weighted by Gasteiger charge is 2.32. The Morgan fingerprint density at radius 1 is 0.321 bits per heavy atom. The van der Waals surface area contributed by atoms with E-state index in [2.05, 4.69) is 330 Å². The number of anilines is 6. The van der Waals surface area contributed by atoms with E-state index in [0.29, 0.717) is 0 Å². The Morgan fingerprint density at radius 3 is 1.13 bits per heavy atom. The van der Waals surface area contributed by atoms with E-state index in [-0.39, 0.29) is 10.8 Å². The van der Waals surface area contributed by atoms with E-state index < -0.39 is 0 Å². The van der Waals surface area contributed by atoms with Gasteiger partial charge < -0.3 is 14.2 Å². The van der Waals surface area contributed by atoms with Crippen molar-refractivity contribution in [3.05, 3.63) is 290 Å². The first-order chi connectivity index (χ1) is 40.9. The number of thiophene rings is 1. The molecule has 0 amide bonds. The van der Waals surface area contributed by atoms with Gasteiger partial charge in [-0.15, -0.1) is 11.3 Å². The Kier molecular flexibility index (Phi) is 13.2. The molecule has 0 bridgehead atoms. The first-order valence-corrected chi connectivity index (χ1v) is 30.0. The predicted octanol–water partition coefficient (Wildman–Crippen LogP) is 23.8. The summed E-state index contributed by atoms with van der Waals surface area (Å²) in [6.07, 6.45) is 0. The molecule has 0 atom stereocenters. The number of furan rings is 1. The quantitative estimate of drug-likeness (QED) is 0.129. The fraction of sp³-hybridized carbons (Fsp3) is 0.100. The first-order valence-electron chi connectivity index (χ1n) is 29.1. The van der Waals surface area contributed by atoms with E-state index in [1.54, 1.807) is 0 Å². The van der Waals surface area contributed by atoms with Crippen LogP contribution in [0.1, 0.15) is 52.7 Å². The van der Waals surface area contributed by atoms with Gasteiger partial charge in [-0.3, -0.25) is 0 Å². The molecule has 2 heterocycles. The Morgan fingerprint density at radius 2 is 0.679 bits per heavy atom. The third-order valence-electron chi connectivity index (χ3n) is 16.6. The highest BCUT2D eigenvalue weighted by atomic mass is 32.1. The van der Waals surface area contributed by atoms with Crippen LogP contribution in [-0.2, 0) is 10.8 Å². The second-order valence-corrected chi connectivity index (χ2v) is 25.1. The van der Waals surface area contributed by atoms with Crippen LogP contribution in [0, 0.1) is 0 Å². The highest BCUT2D eigenvalue weighted by Crippen LogP contribution is 2.57. The third-order valence-corrected chi connectivity index (χ3v) is 17.8. The van der Waals surface area contributed by atoms with Gasteiger partial charge in [0, 0.05) is 59.4 Å². The van der Waals surface area contributed by atoms with Gasteiger partial charge in [0.25, 0.3) is 0 Å². The molecule has 4 heteroatoms. The van der Waals surface area contributed by atoms with Crippen molar-refractivity contribution in [2.45, 2.75) is 52.4 Å². The summed E-state index contributed by atoms with van der Waals surface area (Å²) >= 11 is 1.87. The number of benzene rings is 12. The van der Waals surface area contributed by atoms with Crippen molar-refractivity contribution in [3.63, 3.8) is 0 Å². The molecule has 0 N–H and O–H groups in total. The summed E-state index contributed by atoms with van der Waals surface area (Å²) in [4.78, 5) is 4.94. The predicted molar refractivity (Wildman–Crippen MR) is 361 cm³/mol. The molecule has 0 spiro atoms. The highest BCUT2D eigenvalue weighted by molar-refractivity contribution is 7.26. The zero-order valence-corrected chi connectivity index (χ0v) is 49.1. The second-order valence-electron chi connectivity index (χ2n) is 24.1. The van der Waals surface area contributed by atoms with Gasteiger partial charge in [0.2, 0.25) is 0 Å². The smallest absolute Gasteiger partial charge is 0.146 e. The Balaban J connectivity index is 1.11. The van der Waals surface area contributed by atoms with Crippen molar-refractivity contribution in [2.24, 2.45) is 0 Å². The Labute approximate surface area is 497 Å². The minimum absolute atomic E-state index is 0.0193. The summed E-state index contributed by atoms with van der Waals surface area (Å²) in [6.45, 7) is 13.7. The Hall–Kier alpha value is -9.74. The van der Waals surface area contributed by atoms with Gasteiger partial charge in [0.05, 0.1) is 16.8 Å². The topological polar surface area (TPSA) is 19.6 Å². The van der Waals surface area contributed by atoms with Crippen molar-refractivity contribution in [3.8, 4) is 55.6 Å². The van der Waals surface area contributed by atoms with Gasteiger partial charge in [-0.25, -0.2) is 0 Å². The molecule has 0 aliphatic heterocycles. The molecule has 3 nitrogen and oxygen atoms in total. The lowest BCUT2D eigenvalue weighted by molar-refractivity contribution is 0.590. The van der Waals surface area contributed by atoms with Gasteiger partial charge in [0.1, 0.15) is 11.2 Å². The minimum atomic E-state index is -0.0261.